The van der Waals surface area contributed by atoms with Crippen molar-refractivity contribution in [3.63, 3.8) is 0 Å². The molecule has 4 nitrogen and oxygen atoms in total. The average molecular weight is 388 g/mol. The highest BCUT2D eigenvalue weighted by atomic mass is 19.1. The van der Waals surface area contributed by atoms with Gasteiger partial charge in [0, 0.05) is 11.9 Å². The number of halogens is 1. The summed E-state index contributed by atoms with van der Waals surface area (Å²) in [5.41, 5.74) is 2.12. The van der Waals surface area contributed by atoms with E-state index in [0.29, 0.717) is 17.9 Å². The summed E-state index contributed by atoms with van der Waals surface area (Å²) in [6, 6.07) is 12.8. The highest BCUT2D eigenvalue weighted by Crippen LogP contribution is 2.40. The van der Waals surface area contributed by atoms with Crippen molar-refractivity contribution in [1.29, 1.82) is 0 Å². The van der Waals surface area contributed by atoms with E-state index in [1.165, 1.54) is 6.07 Å². The number of furan rings is 1. The molecule has 2 aliphatic rings. The van der Waals surface area contributed by atoms with Gasteiger partial charge in [0.05, 0.1) is 11.8 Å². The lowest BCUT2D eigenvalue weighted by molar-refractivity contribution is -0.130. The summed E-state index contributed by atoms with van der Waals surface area (Å²) in [5, 5.41) is 0.970. The predicted molar refractivity (Wildman–Crippen MR) is 111 cm³/mol. The first-order valence-corrected chi connectivity index (χ1v) is 9.92. The van der Waals surface area contributed by atoms with Gasteiger partial charge in [0.25, 0.3) is 5.91 Å². The van der Waals surface area contributed by atoms with Crippen LogP contribution in [0.15, 0.2) is 70.8 Å². The van der Waals surface area contributed by atoms with E-state index in [0.717, 1.165) is 47.8 Å². The topological polar surface area (TPSA) is 45.8 Å². The van der Waals surface area contributed by atoms with Gasteiger partial charge in [-0.1, -0.05) is 31.1 Å². The van der Waals surface area contributed by atoms with Crippen LogP contribution < -0.4 is 0 Å². The number of carbonyl (C=O) groups is 1. The predicted octanol–water partition coefficient (Wildman–Crippen LogP) is 5.33. The standard InChI is InChI=1S/C24H21FN2O2/c1-2-12-27-22(26-24(23(27)28)10-3-4-11-24)19-7-5-17(15-20(19)25)16-6-8-21-18(14-16)9-13-29-21/h2,5-9,13-15H,1,3-4,10-12H2. The van der Waals surface area contributed by atoms with E-state index in [-0.39, 0.29) is 11.7 Å². The fourth-order valence-corrected chi connectivity index (χ4v) is 4.47. The molecule has 3 aromatic rings. The van der Waals surface area contributed by atoms with Gasteiger partial charge in [-0.2, -0.15) is 0 Å². The summed E-state index contributed by atoms with van der Waals surface area (Å²) in [4.78, 5) is 19.4. The van der Waals surface area contributed by atoms with Crippen LogP contribution in [-0.4, -0.2) is 28.7 Å². The molecule has 0 saturated heterocycles. The van der Waals surface area contributed by atoms with Crippen molar-refractivity contribution >= 4 is 22.7 Å². The lowest BCUT2D eigenvalue weighted by Gasteiger charge is -2.21. The first kappa shape index (κ1) is 17.9. The molecule has 1 fully saturated rings. The summed E-state index contributed by atoms with van der Waals surface area (Å²) >= 11 is 0. The van der Waals surface area contributed by atoms with E-state index in [1.54, 1.807) is 23.3 Å². The number of hydrogen-bond acceptors (Lipinski definition) is 3. The number of hydrogen-bond donors (Lipinski definition) is 0. The minimum absolute atomic E-state index is 0.0289. The van der Waals surface area contributed by atoms with Crippen LogP contribution in [0.5, 0.6) is 0 Å². The van der Waals surface area contributed by atoms with Crippen LogP contribution in [0.2, 0.25) is 0 Å². The first-order chi connectivity index (χ1) is 14.1. The van der Waals surface area contributed by atoms with Crippen LogP contribution in [0, 0.1) is 5.82 Å². The third kappa shape index (κ3) is 2.80. The van der Waals surface area contributed by atoms with Crippen LogP contribution in [-0.2, 0) is 4.79 Å². The quantitative estimate of drug-likeness (QED) is 0.568. The second kappa shape index (κ2) is 6.69. The second-order valence-corrected chi connectivity index (χ2v) is 7.75. The lowest BCUT2D eigenvalue weighted by Crippen LogP contribution is -2.41. The van der Waals surface area contributed by atoms with Gasteiger partial charge in [-0.05, 0) is 54.3 Å². The Labute approximate surface area is 168 Å². The minimum Gasteiger partial charge on any atom is -0.464 e. The fraction of sp³-hybridized carbons (Fsp3) is 0.250. The molecule has 2 aromatic carbocycles. The molecule has 1 saturated carbocycles. The number of rotatable bonds is 4. The first-order valence-electron chi connectivity index (χ1n) is 9.92. The van der Waals surface area contributed by atoms with Crippen LogP contribution >= 0.6 is 0 Å². The van der Waals surface area contributed by atoms with Crippen LogP contribution in [0.25, 0.3) is 22.1 Å². The van der Waals surface area contributed by atoms with Crippen molar-refractivity contribution < 1.29 is 13.6 Å². The molecule has 1 aliphatic heterocycles. The van der Waals surface area contributed by atoms with Gasteiger partial charge in [0.1, 0.15) is 22.8 Å². The van der Waals surface area contributed by atoms with Gasteiger partial charge in [0.2, 0.25) is 0 Å². The highest BCUT2D eigenvalue weighted by Gasteiger charge is 2.49. The van der Waals surface area contributed by atoms with Gasteiger partial charge < -0.3 is 4.42 Å². The monoisotopic (exact) mass is 388 g/mol. The molecular weight excluding hydrogens is 367 g/mol. The Balaban J connectivity index is 1.55. The zero-order valence-electron chi connectivity index (χ0n) is 16.0. The lowest BCUT2D eigenvalue weighted by atomic mass is 9.98. The van der Waals surface area contributed by atoms with Gasteiger partial charge in [0.15, 0.2) is 0 Å². The normalized spacial score (nSPS) is 18.0. The number of carbonyl (C=O) groups excluding carboxylic acids is 1. The van der Waals surface area contributed by atoms with Gasteiger partial charge in [-0.3, -0.25) is 14.7 Å². The molecule has 146 valence electrons. The number of amidine groups is 1. The molecule has 1 aromatic heterocycles. The van der Waals surface area contributed by atoms with Crippen molar-refractivity contribution in [2.45, 2.75) is 31.2 Å². The van der Waals surface area contributed by atoms with E-state index in [4.69, 9.17) is 9.41 Å². The molecular formula is C24H21FN2O2. The molecule has 0 atom stereocenters. The molecule has 1 amide bonds. The summed E-state index contributed by atoms with van der Waals surface area (Å²) < 4.78 is 20.6. The van der Waals surface area contributed by atoms with Gasteiger partial charge >= 0.3 is 0 Å². The van der Waals surface area contributed by atoms with E-state index >= 15 is 4.39 Å². The highest BCUT2D eigenvalue weighted by molar-refractivity contribution is 6.15. The number of aliphatic imine (C=N–C) groups is 1. The zero-order chi connectivity index (χ0) is 20.0. The molecule has 5 heteroatoms. The Hall–Kier alpha value is -3.21. The maximum absolute atomic E-state index is 15.2. The van der Waals surface area contributed by atoms with E-state index < -0.39 is 5.54 Å². The van der Waals surface area contributed by atoms with Crippen molar-refractivity contribution in [3.05, 3.63) is 72.8 Å². The van der Waals surface area contributed by atoms with E-state index in [9.17, 15) is 4.79 Å². The maximum Gasteiger partial charge on any atom is 0.256 e. The molecule has 0 unspecified atom stereocenters. The SMILES string of the molecule is C=CCN1C(=O)C2(CCCC2)N=C1c1ccc(-c2ccc3occc3c2)cc1F. The maximum atomic E-state index is 15.2. The Morgan fingerprint density at radius 3 is 2.66 bits per heavy atom. The average Bonchev–Trinajstić information content (AvgIpc) is 3.44. The van der Waals surface area contributed by atoms with E-state index in [2.05, 4.69) is 6.58 Å². The third-order valence-corrected chi connectivity index (χ3v) is 5.96. The number of fused-ring (bicyclic) bond motifs is 1. The second-order valence-electron chi connectivity index (χ2n) is 7.75. The summed E-state index contributed by atoms with van der Waals surface area (Å²) in [5.74, 6) is 0.00960. The van der Waals surface area contributed by atoms with Crippen molar-refractivity contribution in [1.82, 2.24) is 4.90 Å². The summed E-state index contributed by atoms with van der Waals surface area (Å²) in [6.07, 6.45) is 6.71. The number of nitrogens with zero attached hydrogens (tertiary/aromatic N) is 2. The van der Waals surface area contributed by atoms with Gasteiger partial charge in [-0.15, -0.1) is 6.58 Å². The molecule has 29 heavy (non-hydrogen) atoms. The summed E-state index contributed by atoms with van der Waals surface area (Å²) in [6.45, 7) is 4.08. The minimum atomic E-state index is -0.713. The fourth-order valence-electron chi connectivity index (χ4n) is 4.47. The largest absolute Gasteiger partial charge is 0.464 e. The molecule has 2 heterocycles. The third-order valence-electron chi connectivity index (χ3n) is 5.96. The van der Waals surface area contributed by atoms with Crippen LogP contribution in [0.1, 0.15) is 31.2 Å². The molecule has 0 bridgehead atoms. The smallest absolute Gasteiger partial charge is 0.256 e. The molecule has 0 radical (unpaired) electrons. The Kier molecular flexibility index (Phi) is 4.12. The Morgan fingerprint density at radius 2 is 1.90 bits per heavy atom. The Morgan fingerprint density at radius 1 is 1.14 bits per heavy atom. The van der Waals surface area contributed by atoms with Crippen LogP contribution in [0.3, 0.4) is 0 Å². The molecule has 1 aliphatic carbocycles. The Bertz CT molecular complexity index is 1150. The van der Waals surface area contributed by atoms with E-state index in [1.807, 2.05) is 30.3 Å². The number of benzene rings is 2. The van der Waals surface area contributed by atoms with Crippen LogP contribution in [0.4, 0.5) is 4.39 Å². The summed E-state index contributed by atoms with van der Waals surface area (Å²) in [7, 11) is 0. The molecule has 0 N–H and O–H groups in total. The number of amides is 1. The molecule has 5 rings (SSSR count). The van der Waals surface area contributed by atoms with Crippen molar-refractivity contribution in [2.24, 2.45) is 4.99 Å². The van der Waals surface area contributed by atoms with Gasteiger partial charge in [-0.25, -0.2) is 4.39 Å². The van der Waals surface area contributed by atoms with Crippen molar-refractivity contribution in [2.75, 3.05) is 6.54 Å². The zero-order valence-corrected chi connectivity index (χ0v) is 16.0. The molecule has 1 spiro atoms. The van der Waals surface area contributed by atoms with Crippen molar-refractivity contribution in [3.8, 4) is 11.1 Å².